The Morgan fingerprint density at radius 2 is 1.82 bits per heavy atom. The summed E-state index contributed by atoms with van der Waals surface area (Å²) in [5, 5.41) is 4.07. The zero-order valence-electron chi connectivity index (χ0n) is 19.6. The lowest BCUT2D eigenvalue weighted by Gasteiger charge is -2.50. The second-order valence-electron chi connectivity index (χ2n) is 10.5. The van der Waals surface area contributed by atoms with E-state index in [9.17, 15) is 14.4 Å². The quantitative estimate of drug-likeness (QED) is 0.697. The summed E-state index contributed by atoms with van der Waals surface area (Å²) in [6.45, 7) is 7.99. The number of carbonyl (C=O) groups excluding carboxylic acids is 3. The molecule has 2 saturated heterocycles. The molecule has 0 bridgehead atoms. The molecule has 2 unspecified atom stereocenters. The van der Waals surface area contributed by atoms with E-state index in [1.54, 1.807) is 17.1 Å². The zero-order chi connectivity index (χ0) is 23.8. The lowest BCUT2D eigenvalue weighted by Crippen LogP contribution is -2.64. The summed E-state index contributed by atoms with van der Waals surface area (Å²) in [4.78, 5) is 38.4. The van der Waals surface area contributed by atoms with Crippen LogP contribution in [0.3, 0.4) is 0 Å². The number of primary amides is 1. The normalized spacial score (nSPS) is 24.5. The van der Waals surface area contributed by atoms with Gasteiger partial charge in [-0.1, -0.05) is 44.2 Å². The number of carbonyl (C=O) groups is 3. The molecule has 8 nitrogen and oxygen atoms in total. The predicted molar refractivity (Wildman–Crippen MR) is 124 cm³/mol. The zero-order valence-corrected chi connectivity index (χ0v) is 19.6. The van der Waals surface area contributed by atoms with Gasteiger partial charge in [0.25, 0.3) is 0 Å². The fourth-order valence-corrected chi connectivity index (χ4v) is 5.21. The highest BCUT2D eigenvalue weighted by atomic mass is 16.2. The van der Waals surface area contributed by atoms with E-state index in [2.05, 4.69) is 23.8 Å². The largest absolute Gasteiger partial charge is 0.369 e. The van der Waals surface area contributed by atoms with Crippen LogP contribution in [0.4, 0.5) is 0 Å². The van der Waals surface area contributed by atoms with E-state index in [0.29, 0.717) is 25.2 Å². The van der Waals surface area contributed by atoms with Crippen LogP contribution in [0.2, 0.25) is 0 Å². The molecule has 1 spiro atoms. The monoisotopic (exact) mass is 451 g/mol. The van der Waals surface area contributed by atoms with Gasteiger partial charge in [-0.2, -0.15) is 5.10 Å². The van der Waals surface area contributed by atoms with Crippen LogP contribution in [-0.4, -0.2) is 70.9 Å². The molecule has 1 aliphatic carbocycles. The van der Waals surface area contributed by atoms with Gasteiger partial charge < -0.3 is 15.5 Å². The Balaban J connectivity index is 0.000000165. The highest BCUT2D eigenvalue weighted by Crippen LogP contribution is 2.54. The molecule has 8 heteroatoms. The van der Waals surface area contributed by atoms with Crippen molar-refractivity contribution in [3.8, 4) is 0 Å². The van der Waals surface area contributed by atoms with E-state index in [4.69, 9.17) is 5.73 Å². The first kappa shape index (κ1) is 23.2. The standard InChI is InChI=1S/C14H23N3O2.C11H10N2O/c1-13(2)4-9(13)12(19)17-7-14(8-17)6-16(3)5-10(14)11(15)18;14-9-11-6-12-13(8-11)7-10-4-2-1-3-5-10/h9-10H,4-8H2,1-3H3,(H2,15,18);1-6,8-9H,7H2. The maximum atomic E-state index is 12.3. The minimum atomic E-state index is -0.219. The smallest absolute Gasteiger partial charge is 0.226 e. The maximum Gasteiger partial charge on any atom is 0.226 e. The van der Waals surface area contributed by atoms with E-state index in [0.717, 1.165) is 25.8 Å². The molecule has 0 radical (unpaired) electrons. The lowest BCUT2D eigenvalue weighted by molar-refractivity contribution is -0.150. The Morgan fingerprint density at radius 3 is 2.36 bits per heavy atom. The Bertz CT molecular complexity index is 1030. The number of aromatic nitrogens is 2. The van der Waals surface area contributed by atoms with Crippen LogP contribution >= 0.6 is 0 Å². The second kappa shape index (κ2) is 8.74. The Hall–Kier alpha value is -3.00. The molecule has 33 heavy (non-hydrogen) atoms. The van der Waals surface area contributed by atoms with Gasteiger partial charge in [-0.15, -0.1) is 0 Å². The molecule has 2 N–H and O–H groups in total. The molecule has 3 aliphatic rings. The number of hydrogen-bond donors (Lipinski definition) is 1. The molecule has 1 saturated carbocycles. The second-order valence-corrected chi connectivity index (χ2v) is 10.5. The van der Waals surface area contributed by atoms with Crippen molar-refractivity contribution in [3.05, 3.63) is 53.9 Å². The van der Waals surface area contributed by atoms with Crippen molar-refractivity contribution in [1.29, 1.82) is 0 Å². The van der Waals surface area contributed by atoms with Crippen LogP contribution in [0.15, 0.2) is 42.7 Å². The Labute approximate surface area is 194 Å². The summed E-state index contributed by atoms with van der Waals surface area (Å²) in [5.41, 5.74) is 7.40. The highest BCUT2D eigenvalue weighted by molar-refractivity contribution is 5.84. The van der Waals surface area contributed by atoms with Gasteiger partial charge in [0, 0.05) is 43.7 Å². The number of nitrogens with two attached hydrogens (primary N) is 1. The number of likely N-dealkylation sites (tertiary alicyclic amines) is 2. The van der Waals surface area contributed by atoms with Gasteiger partial charge in [0.2, 0.25) is 11.8 Å². The minimum Gasteiger partial charge on any atom is -0.369 e. The van der Waals surface area contributed by atoms with Crippen LogP contribution in [-0.2, 0) is 16.1 Å². The van der Waals surface area contributed by atoms with Crippen molar-refractivity contribution in [2.45, 2.75) is 26.8 Å². The Kier molecular flexibility index (Phi) is 6.14. The summed E-state index contributed by atoms with van der Waals surface area (Å²) in [6, 6.07) is 10.0. The summed E-state index contributed by atoms with van der Waals surface area (Å²) < 4.78 is 1.75. The van der Waals surface area contributed by atoms with Crippen molar-refractivity contribution in [3.63, 3.8) is 0 Å². The molecule has 2 atom stereocenters. The topological polar surface area (TPSA) is 102 Å². The van der Waals surface area contributed by atoms with E-state index < -0.39 is 0 Å². The molecule has 3 heterocycles. The fraction of sp³-hybridized carbons (Fsp3) is 0.520. The van der Waals surface area contributed by atoms with Crippen molar-refractivity contribution < 1.29 is 14.4 Å². The molecule has 176 valence electrons. The van der Waals surface area contributed by atoms with Crippen LogP contribution < -0.4 is 5.73 Å². The third-order valence-corrected chi connectivity index (χ3v) is 7.27. The maximum absolute atomic E-state index is 12.3. The molecule has 1 aromatic heterocycles. The van der Waals surface area contributed by atoms with Gasteiger partial charge in [0.05, 0.1) is 24.2 Å². The summed E-state index contributed by atoms with van der Waals surface area (Å²) in [7, 11) is 2.01. The number of benzene rings is 1. The van der Waals surface area contributed by atoms with E-state index >= 15 is 0 Å². The first-order valence-electron chi connectivity index (χ1n) is 11.4. The molecule has 2 amide bonds. The average molecular weight is 452 g/mol. The van der Waals surface area contributed by atoms with E-state index in [1.165, 1.54) is 5.56 Å². The highest BCUT2D eigenvalue weighted by Gasteiger charge is 2.60. The van der Waals surface area contributed by atoms with Crippen LogP contribution in [0.5, 0.6) is 0 Å². The number of amides is 2. The predicted octanol–water partition coefficient (Wildman–Crippen LogP) is 1.65. The van der Waals surface area contributed by atoms with Crippen LogP contribution in [0.25, 0.3) is 0 Å². The molecule has 2 aromatic rings. The van der Waals surface area contributed by atoms with Gasteiger partial charge in [-0.3, -0.25) is 19.1 Å². The van der Waals surface area contributed by atoms with Gasteiger partial charge in [0.1, 0.15) is 0 Å². The SMILES string of the molecule is CN1CC(C(N)=O)C2(C1)CN(C(=O)C1CC1(C)C)C2.O=Cc1cnn(Cc2ccccc2)c1. The molecule has 2 aliphatic heterocycles. The van der Waals surface area contributed by atoms with Crippen molar-refractivity contribution >= 4 is 18.1 Å². The van der Waals surface area contributed by atoms with Gasteiger partial charge in [-0.05, 0) is 24.4 Å². The van der Waals surface area contributed by atoms with E-state index in [1.807, 2.05) is 42.3 Å². The van der Waals surface area contributed by atoms with Crippen LogP contribution in [0.1, 0.15) is 36.2 Å². The first-order valence-corrected chi connectivity index (χ1v) is 11.4. The van der Waals surface area contributed by atoms with Crippen molar-refractivity contribution in [1.82, 2.24) is 19.6 Å². The molecule has 5 rings (SSSR count). The number of hydrogen-bond acceptors (Lipinski definition) is 5. The van der Waals surface area contributed by atoms with Crippen molar-refractivity contribution in [2.24, 2.45) is 28.4 Å². The molecule has 3 fully saturated rings. The van der Waals surface area contributed by atoms with Gasteiger partial charge in [0.15, 0.2) is 6.29 Å². The first-order chi connectivity index (χ1) is 15.6. The number of rotatable bonds is 5. The number of nitrogens with zero attached hydrogens (tertiary/aromatic N) is 4. The van der Waals surface area contributed by atoms with Gasteiger partial charge >= 0.3 is 0 Å². The molecule has 1 aromatic carbocycles. The summed E-state index contributed by atoms with van der Waals surface area (Å²) >= 11 is 0. The van der Waals surface area contributed by atoms with Crippen molar-refractivity contribution in [2.75, 3.05) is 33.2 Å². The third kappa shape index (κ3) is 4.85. The average Bonchev–Trinajstić information content (AvgIpc) is 3.07. The minimum absolute atomic E-state index is 0.0741. The molecular weight excluding hydrogens is 418 g/mol. The van der Waals surface area contributed by atoms with E-state index in [-0.39, 0.29) is 34.5 Å². The summed E-state index contributed by atoms with van der Waals surface area (Å²) in [6.07, 6.45) is 5.10. The van der Waals surface area contributed by atoms with Crippen LogP contribution in [0, 0.1) is 22.7 Å². The molecular formula is C25H33N5O3. The summed E-state index contributed by atoms with van der Waals surface area (Å²) in [5.74, 6) is 0.140. The Morgan fingerprint density at radius 1 is 1.15 bits per heavy atom. The number of aldehydes is 1. The third-order valence-electron chi connectivity index (χ3n) is 7.27. The fourth-order valence-electron chi connectivity index (χ4n) is 5.21. The van der Waals surface area contributed by atoms with Gasteiger partial charge in [-0.25, -0.2) is 0 Å². The lowest BCUT2D eigenvalue weighted by atomic mass is 9.71.